The maximum Gasteiger partial charge on any atom is 0.295 e. The number of benzene rings is 2. The highest BCUT2D eigenvalue weighted by Gasteiger charge is 2.46. The average Bonchev–Trinajstić information content (AvgIpc) is 3.38. The molecule has 0 bridgehead atoms. The number of likely N-dealkylation sites (tertiary alicyclic amines) is 1. The van der Waals surface area contributed by atoms with Crippen LogP contribution in [0, 0.1) is 0 Å². The van der Waals surface area contributed by atoms with Gasteiger partial charge in [-0.25, -0.2) is 0 Å². The van der Waals surface area contributed by atoms with Gasteiger partial charge in [-0.05, 0) is 47.5 Å². The van der Waals surface area contributed by atoms with Crippen LogP contribution in [0.5, 0.6) is 11.5 Å². The summed E-state index contributed by atoms with van der Waals surface area (Å²) in [5.41, 5.74) is 1.77. The molecule has 2 aliphatic rings. The van der Waals surface area contributed by atoms with Crippen LogP contribution >= 0.6 is 11.6 Å². The van der Waals surface area contributed by atoms with Gasteiger partial charge in [0.2, 0.25) is 6.79 Å². The van der Waals surface area contributed by atoms with Crippen molar-refractivity contribution in [2.45, 2.75) is 12.6 Å². The molecule has 3 aromatic rings. The molecule has 1 saturated heterocycles. The molecule has 160 valence electrons. The first-order valence-electron chi connectivity index (χ1n) is 9.86. The fourth-order valence-corrected chi connectivity index (χ4v) is 4.05. The van der Waals surface area contributed by atoms with E-state index in [1.54, 1.807) is 60.9 Å². The Labute approximate surface area is 188 Å². The van der Waals surface area contributed by atoms with Crippen LogP contribution in [-0.2, 0) is 16.1 Å². The van der Waals surface area contributed by atoms with Crippen LogP contribution in [0.3, 0.4) is 0 Å². The Kier molecular flexibility index (Phi) is 5.03. The van der Waals surface area contributed by atoms with Gasteiger partial charge >= 0.3 is 0 Å². The largest absolute Gasteiger partial charge is 0.507 e. The zero-order valence-electron chi connectivity index (χ0n) is 16.7. The minimum Gasteiger partial charge on any atom is -0.507 e. The number of ketones is 1. The first-order valence-corrected chi connectivity index (χ1v) is 10.2. The van der Waals surface area contributed by atoms with Gasteiger partial charge in [0.25, 0.3) is 11.7 Å². The lowest BCUT2D eigenvalue weighted by Crippen LogP contribution is -2.29. The quantitative estimate of drug-likeness (QED) is 0.367. The Bertz CT molecular complexity index is 1240. The number of hydrogen-bond acceptors (Lipinski definition) is 6. The van der Waals surface area contributed by atoms with E-state index >= 15 is 0 Å². The maximum absolute atomic E-state index is 13.1. The summed E-state index contributed by atoms with van der Waals surface area (Å²) >= 11 is 6.05. The van der Waals surface area contributed by atoms with E-state index in [4.69, 9.17) is 21.1 Å². The van der Waals surface area contributed by atoms with Crippen molar-refractivity contribution in [2.75, 3.05) is 6.79 Å². The Morgan fingerprint density at radius 2 is 1.88 bits per heavy atom. The molecule has 1 unspecified atom stereocenters. The van der Waals surface area contributed by atoms with Crippen molar-refractivity contribution in [1.29, 1.82) is 0 Å². The molecule has 3 heterocycles. The average molecular weight is 449 g/mol. The first kappa shape index (κ1) is 20.1. The lowest BCUT2D eigenvalue weighted by atomic mass is 9.95. The highest BCUT2D eigenvalue weighted by molar-refractivity contribution is 6.46. The second-order valence-electron chi connectivity index (χ2n) is 7.41. The summed E-state index contributed by atoms with van der Waals surface area (Å²) in [5, 5.41) is 11.7. The number of Topliss-reactive ketones (excluding diaryl/α,β-unsaturated/α-hetero) is 1. The third-order valence-electron chi connectivity index (χ3n) is 5.45. The highest BCUT2D eigenvalue weighted by atomic mass is 35.5. The molecule has 0 aliphatic carbocycles. The van der Waals surface area contributed by atoms with E-state index in [1.807, 2.05) is 6.07 Å². The van der Waals surface area contributed by atoms with Gasteiger partial charge in [-0.15, -0.1) is 0 Å². The number of halogens is 1. The lowest BCUT2D eigenvalue weighted by molar-refractivity contribution is -0.140. The molecular formula is C24H17ClN2O5. The molecule has 0 saturated carbocycles. The number of hydrogen-bond donors (Lipinski definition) is 1. The van der Waals surface area contributed by atoms with Gasteiger partial charge in [-0.1, -0.05) is 29.8 Å². The SMILES string of the molecule is O=C1C(=O)N(Cc2cccnc2)C(c2ccc(Cl)cc2)/C1=C(\O)c1ccc2c(c1)OCO2. The lowest BCUT2D eigenvalue weighted by Gasteiger charge is -2.25. The number of pyridine rings is 1. The van der Waals surface area contributed by atoms with Crippen molar-refractivity contribution >= 4 is 29.1 Å². The van der Waals surface area contributed by atoms with Gasteiger partial charge in [0.1, 0.15) is 5.76 Å². The number of ether oxygens (including phenoxy) is 2. The van der Waals surface area contributed by atoms with Gasteiger partial charge in [-0.2, -0.15) is 0 Å². The van der Waals surface area contributed by atoms with E-state index in [-0.39, 0.29) is 24.7 Å². The smallest absolute Gasteiger partial charge is 0.295 e. The summed E-state index contributed by atoms with van der Waals surface area (Å²) in [6, 6.07) is 14.5. The predicted molar refractivity (Wildman–Crippen MR) is 116 cm³/mol. The number of aliphatic hydroxyl groups is 1. The van der Waals surface area contributed by atoms with Crippen LogP contribution < -0.4 is 9.47 Å². The number of aliphatic hydroxyl groups excluding tert-OH is 1. The molecule has 8 heteroatoms. The summed E-state index contributed by atoms with van der Waals surface area (Å²) in [6.07, 6.45) is 3.27. The Hall–Kier alpha value is -3.84. The molecule has 1 N–H and O–H groups in total. The Morgan fingerprint density at radius 1 is 1.09 bits per heavy atom. The van der Waals surface area contributed by atoms with Crippen LogP contribution in [0.4, 0.5) is 0 Å². The minimum absolute atomic E-state index is 0.0000723. The minimum atomic E-state index is -0.794. The fourth-order valence-electron chi connectivity index (χ4n) is 3.92. The van der Waals surface area contributed by atoms with Crippen LogP contribution in [0.1, 0.15) is 22.7 Å². The predicted octanol–water partition coefficient (Wildman–Crippen LogP) is 4.09. The molecular weight excluding hydrogens is 432 g/mol. The summed E-state index contributed by atoms with van der Waals surface area (Å²) in [6.45, 7) is 0.240. The van der Waals surface area contributed by atoms with Crippen molar-refractivity contribution < 1.29 is 24.2 Å². The zero-order chi connectivity index (χ0) is 22.2. The van der Waals surface area contributed by atoms with Gasteiger partial charge in [0.05, 0.1) is 11.6 Å². The molecule has 0 radical (unpaired) electrons. The number of amides is 1. The van der Waals surface area contributed by atoms with Gasteiger partial charge in [0, 0.05) is 29.5 Å². The normalized spacial score (nSPS) is 18.9. The van der Waals surface area contributed by atoms with Crippen LogP contribution in [-0.4, -0.2) is 33.5 Å². The molecule has 32 heavy (non-hydrogen) atoms. The summed E-state index contributed by atoms with van der Waals surface area (Å²) in [7, 11) is 0. The van der Waals surface area contributed by atoms with Crippen LogP contribution in [0.2, 0.25) is 5.02 Å². The Morgan fingerprint density at radius 3 is 2.62 bits per heavy atom. The number of aromatic nitrogens is 1. The molecule has 5 rings (SSSR count). The van der Waals surface area contributed by atoms with Crippen LogP contribution in [0.25, 0.3) is 5.76 Å². The topological polar surface area (TPSA) is 89.0 Å². The number of carbonyl (C=O) groups excluding carboxylic acids is 2. The molecule has 1 atom stereocenters. The maximum atomic E-state index is 13.1. The second kappa shape index (κ2) is 8.01. The van der Waals surface area contributed by atoms with Crippen molar-refractivity contribution in [3.8, 4) is 11.5 Å². The molecule has 0 spiro atoms. The van der Waals surface area contributed by atoms with Crippen molar-refractivity contribution in [1.82, 2.24) is 9.88 Å². The molecule has 1 fully saturated rings. The molecule has 7 nitrogen and oxygen atoms in total. The van der Waals surface area contributed by atoms with E-state index in [0.717, 1.165) is 5.56 Å². The zero-order valence-corrected chi connectivity index (χ0v) is 17.5. The summed E-state index contributed by atoms with van der Waals surface area (Å²) in [5.74, 6) is -0.732. The summed E-state index contributed by atoms with van der Waals surface area (Å²) < 4.78 is 10.7. The van der Waals surface area contributed by atoms with E-state index in [9.17, 15) is 14.7 Å². The van der Waals surface area contributed by atoms with Crippen LogP contribution in [0.15, 0.2) is 72.6 Å². The first-order chi connectivity index (χ1) is 15.5. The third-order valence-corrected chi connectivity index (χ3v) is 5.70. The number of fused-ring (bicyclic) bond motifs is 1. The fraction of sp³-hybridized carbons (Fsp3) is 0.125. The standard InChI is InChI=1S/C24H17ClN2O5/c25-17-6-3-15(4-7-17)21-20(22(28)16-5-8-18-19(10-16)32-13-31-18)23(29)24(30)27(21)12-14-2-1-9-26-11-14/h1-11,21,28H,12-13H2/b22-20+. The van der Waals surface area contributed by atoms with Crippen molar-refractivity contribution in [3.63, 3.8) is 0 Å². The van der Waals surface area contributed by atoms with E-state index < -0.39 is 17.7 Å². The molecule has 2 aromatic carbocycles. The number of carbonyl (C=O) groups is 2. The summed E-state index contributed by atoms with van der Waals surface area (Å²) in [4.78, 5) is 31.7. The van der Waals surface area contributed by atoms with E-state index in [1.165, 1.54) is 4.90 Å². The third kappa shape index (κ3) is 3.46. The van der Waals surface area contributed by atoms with Gasteiger partial charge < -0.3 is 19.5 Å². The van der Waals surface area contributed by atoms with Gasteiger partial charge in [-0.3, -0.25) is 14.6 Å². The number of nitrogens with zero attached hydrogens (tertiary/aromatic N) is 2. The number of rotatable bonds is 4. The molecule has 1 amide bonds. The molecule has 2 aliphatic heterocycles. The second-order valence-corrected chi connectivity index (χ2v) is 7.84. The molecule has 1 aromatic heterocycles. The monoisotopic (exact) mass is 448 g/mol. The highest BCUT2D eigenvalue weighted by Crippen LogP contribution is 2.42. The van der Waals surface area contributed by atoms with Crippen molar-refractivity contribution in [3.05, 3.63) is 94.3 Å². The van der Waals surface area contributed by atoms with E-state index in [2.05, 4.69) is 4.98 Å². The van der Waals surface area contributed by atoms with Crippen molar-refractivity contribution in [2.24, 2.45) is 0 Å². The Balaban J connectivity index is 1.64. The van der Waals surface area contributed by atoms with E-state index in [0.29, 0.717) is 27.6 Å². The van der Waals surface area contributed by atoms with Gasteiger partial charge in [0.15, 0.2) is 11.5 Å².